The number of ether oxygens (including phenoxy) is 2. The van der Waals surface area contributed by atoms with Gasteiger partial charge in [0.05, 0.1) is 19.8 Å². The van der Waals surface area contributed by atoms with Crippen LogP contribution in [0.2, 0.25) is 0 Å². The zero-order chi connectivity index (χ0) is 20.0. The van der Waals surface area contributed by atoms with Gasteiger partial charge in [-0.15, -0.1) is 0 Å². The van der Waals surface area contributed by atoms with Crippen LogP contribution in [0.4, 0.5) is 13.2 Å². The molecule has 4 nitrogen and oxygen atoms in total. The number of rotatable bonds is 7. The summed E-state index contributed by atoms with van der Waals surface area (Å²) in [6.07, 6.45) is -4.19. The quantitative estimate of drug-likeness (QED) is 0.766. The summed E-state index contributed by atoms with van der Waals surface area (Å²) in [5.41, 5.74) is 0.781. The third-order valence-electron chi connectivity index (χ3n) is 4.27. The predicted molar refractivity (Wildman–Crippen MR) is 95.9 cm³/mol. The zero-order valence-electron chi connectivity index (χ0n) is 15.4. The third-order valence-corrected chi connectivity index (χ3v) is 4.27. The number of methoxy groups -OCH3 is 2. The van der Waals surface area contributed by atoms with Crippen LogP contribution in [0, 0.1) is 0 Å². The molecule has 7 heteroatoms. The van der Waals surface area contributed by atoms with E-state index in [0.29, 0.717) is 17.1 Å². The molecule has 0 aliphatic rings. The summed E-state index contributed by atoms with van der Waals surface area (Å²) in [4.78, 5) is 12.2. The molecule has 0 saturated carbocycles. The largest absolute Gasteiger partial charge is 0.497 e. The van der Waals surface area contributed by atoms with E-state index >= 15 is 0 Å². The summed E-state index contributed by atoms with van der Waals surface area (Å²) in [6.45, 7) is 2.09. The summed E-state index contributed by atoms with van der Waals surface area (Å²) in [5, 5.41) is 2.81. The highest BCUT2D eigenvalue weighted by Gasteiger charge is 2.30. The lowest BCUT2D eigenvalue weighted by Crippen LogP contribution is -2.24. The second-order valence-electron chi connectivity index (χ2n) is 6.18. The standard InChI is InChI=1S/C20H22F3NO3/c1-13(14-4-7-16(8-5-14)20(21,22)23)10-19(25)24-12-15-6-9-17(26-2)11-18(15)27-3/h4-9,11,13H,10,12H2,1-3H3,(H,24,25). The normalized spacial score (nSPS) is 12.4. The topological polar surface area (TPSA) is 47.6 Å². The molecule has 0 saturated heterocycles. The molecule has 0 aromatic heterocycles. The molecule has 1 atom stereocenters. The van der Waals surface area contributed by atoms with Crippen molar-refractivity contribution in [3.05, 3.63) is 59.2 Å². The fraction of sp³-hybridized carbons (Fsp3) is 0.350. The molecule has 0 spiro atoms. The lowest BCUT2D eigenvalue weighted by molar-refractivity contribution is -0.137. The van der Waals surface area contributed by atoms with Crippen molar-refractivity contribution in [1.29, 1.82) is 0 Å². The number of hydrogen-bond acceptors (Lipinski definition) is 3. The van der Waals surface area contributed by atoms with Crippen molar-refractivity contribution in [1.82, 2.24) is 5.32 Å². The number of carbonyl (C=O) groups is 1. The van der Waals surface area contributed by atoms with E-state index in [4.69, 9.17) is 9.47 Å². The van der Waals surface area contributed by atoms with Gasteiger partial charge in [0.2, 0.25) is 5.91 Å². The Morgan fingerprint density at radius 3 is 2.30 bits per heavy atom. The van der Waals surface area contributed by atoms with Crippen LogP contribution in [0.1, 0.15) is 36.0 Å². The van der Waals surface area contributed by atoms with Crippen LogP contribution in [0.15, 0.2) is 42.5 Å². The van der Waals surface area contributed by atoms with Crippen molar-refractivity contribution in [2.75, 3.05) is 14.2 Å². The molecule has 0 aliphatic heterocycles. The molecule has 1 N–H and O–H groups in total. The Morgan fingerprint density at radius 1 is 1.07 bits per heavy atom. The molecule has 0 heterocycles. The molecule has 2 aromatic rings. The Hall–Kier alpha value is -2.70. The fourth-order valence-electron chi connectivity index (χ4n) is 2.66. The minimum absolute atomic E-state index is 0.170. The smallest absolute Gasteiger partial charge is 0.416 e. The van der Waals surface area contributed by atoms with Crippen LogP contribution in [-0.2, 0) is 17.5 Å². The number of benzene rings is 2. The van der Waals surface area contributed by atoms with Crippen molar-refractivity contribution < 1.29 is 27.4 Å². The first-order chi connectivity index (χ1) is 12.7. The first kappa shape index (κ1) is 20.6. The Morgan fingerprint density at radius 2 is 1.74 bits per heavy atom. The maximum Gasteiger partial charge on any atom is 0.416 e. The highest BCUT2D eigenvalue weighted by molar-refractivity contribution is 5.76. The van der Waals surface area contributed by atoms with E-state index in [0.717, 1.165) is 17.7 Å². The average Bonchev–Trinajstić information content (AvgIpc) is 2.65. The summed E-state index contributed by atoms with van der Waals surface area (Å²) in [7, 11) is 3.09. The van der Waals surface area contributed by atoms with Gasteiger partial charge >= 0.3 is 6.18 Å². The summed E-state index contributed by atoms with van der Waals surface area (Å²) >= 11 is 0. The van der Waals surface area contributed by atoms with Gasteiger partial charge in [-0.2, -0.15) is 13.2 Å². The molecule has 1 unspecified atom stereocenters. The first-order valence-corrected chi connectivity index (χ1v) is 8.39. The van der Waals surface area contributed by atoms with Gasteiger partial charge in [0.25, 0.3) is 0 Å². The Bertz CT molecular complexity index is 773. The van der Waals surface area contributed by atoms with Gasteiger partial charge in [0.15, 0.2) is 0 Å². The summed E-state index contributed by atoms with van der Waals surface area (Å²) in [6, 6.07) is 10.2. The number of amides is 1. The minimum atomic E-state index is -4.36. The van der Waals surface area contributed by atoms with Gasteiger partial charge in [-0.1, -0.05) is 19.1 Å². The molecular weight excluding hydrogens is 359 g/mol. The Balaban J connectivity index is 1.93. The van der Waals surface area contributed by atoms with Gasteiger partial charge in [0.1, 0.15) is 11.5 Å². The van der Waals surface area contributed by atoms with Crippen molar-refractivity contribution in [3.8, 4) is 11.5 Å². The van der Waals surface area contributed by atoms with Crippen LogP contribution in [0.3, 0.4) is 0 Å². The first-order valence-electron chi connectivity index (χ1n) is 8.39. The van der Waals surface area contributed by atoms with Gasteiger partial charge in [-0.3, -0.25) is 4.79 Å². The van der Waals surface area contributed by atoms with Crippen molar-refractivity contribution in [2.45, 2.75) is 32.0 Å². The second-order valence-corrected chi connectivity index (χ2v) is 6.18. The maximum atomic E-state index is 12.6. The fourth-order valence-corrected chi connectivity index (χ4v) is 2.66. The van der Waals surface area contributed by atoms with E-state index < -0.39 is 11.7 Å². The predicted octanol–water partition coefficient (Wildman–Crippen LogP) is 4.53. The molecular formula is C20H22F3NO3. The lowest BCUT2D eigenvalue weighted by Gasteiger charge is -2.15. The van der Waals surface area contributed by atoms with Crippen LogP contribution in [0.25, 0.3) is 0 Å². The van der Waals surface area contributed by atoms with Crippen molar-refractivity contribution >= 4 is 5.91 Å². The second kappa shape index (κ2) is 8.79. The average molecular weight is 381 g/mol. The third kappa shape index (κ3) is 5.64. The van der Waals surface area contributed by atoms with E-state index in [-0.39, 0.29) is 24.8 Å². The highest BCUT2D eigenvalue weighted by atomic mass is 19.4. The highest BCUT2D eigenvalue weighted by Crippen LogP contribution is 2.30. The van der Waals surface area contributed by atoms with E-state index in [1.54, 1.807) is 32.2 Å². The van der Waals surface area contributed by atoms with Gasteiger partial charge < -0.3 is 14.8 Å². The van der Waals surface area contributed by atoms with E-state index in [9.17, 15) is 18.0 Å². The van der Waals surface area contributed by atoms with Gasteiger partial charge in [-0.25, -0.2) is 0 Å². The minimum Gasteiger partial charge on any atom is -0.497 e. The van der Waals surface area contributed by atoms with Crippen LogP contribution < -0.4 is 14.8 Å². The molecule has 1 amide bonds. The van der Waals surface area contributed by atoms with Crippen LogP contribution >= 0.6 is 0 Å². The van der Waals surface area contributed by atoms with E-state index in [1.807, 2.05) is 0 Å². The van der Waals surface area contributed by atoms with Crippen LogP contribution in [-0.4, -0.2) is 20.1 Å². The van der Waals surface area contributed by atoms with Gasteiger partial charge in [0, 0.05) is 24.6 Å². The molecule has 0 aliphatic carbocycles. The van der Waals surface area contributed by atoms with Gasteiger partial charge in [-0.05, 0) is 35.7 Å². The lowest BCUT2D eigenvalue weighted by atomic mass is 9.96. The number of halogens is 3. The Labute approximate surface area is 156 Å². The number of nitrogens with one attached hydrogen (secondary N) is 1. The van der Waals surface area contributed by atoms with Crippen molar-refractivity contribution in [2.24, 2.45) is 0 Å². The number of hydrogen-bond donors (Lipinski definition) is 1. The molecule has 2 aromatic carbocycles. The Kier molecular flexibility index (Phi) is 6.71. The zero-order valence-corrected chi connectivity index (χ0v) is 15.4. The molecule has 0 bridgehead atoms. The molecule has 0 fully saturated rings. The molecule has 146 valence electrons. The molecule has 2 rings (SSSR count). The maximum absolute atomic E-state index is 12.6. The number of carbonyl (C=O) groups excluding carboxylic acids is 1. The van der Waals surface area contributed by atoms with Crippen molar-refractivity contribution in [3.63, 3.8) is 0 Å². The van der Waals surface area contributed by atoms with E-state index in [1.165, 1.54) is 19.2 Å². The van der Waals surface area contributed by atoms with Crippen LogP contribution in [0.5, 0.6) is 11.5 Å². The molecule has 27 heavy (non-hydrogen) atoms. The summed E-state index contributed by atoms with van der Waals surface area (Å²) < 4.78 is 48.3. The van der Waals surface area contributed by atoms with E-state index in [2.05, 4.69) is 5.32 Å². The SMILES string of the molecule is COc1ccc(CNC(=O)CC(C)c2ccc(C(F)(F)F)cc2)c(OC)c1. The monoisotopic (exact) mass is 381 g/mol. The summed E-state index contributed by atoms with van der Waals surface area (Å²) in [5.74, 6) is 0.855. The number of alkyl halides is 3. The molecule has 0 radical (unpaired) electrons.